The van der Waals surface area contributed by atoms with E-state index in [1.54, 1.807) is 0 Å². The minimum Gasteiger partial charge on any atom is -0.379 e. The Kier molecular flexibility index (Phi) is 6.88. The van der Waals surface area contributed by atoms with Gasteiger partial charge in [-0.25, -0.2) is 0 Å². The summed E-state index contributed by atoms with van der Waals surface area (Å²) in [4.78, 5) is 9.30. The van der Waals surface area contributed by atoms with Crippen LogP contribution in [0.5, 0.6) is 0 Å². The number of hydrogen-bond acceptors (Lipinski definition) is 3. The van der Waals surface area contributed by atoms with E-state index in [0.717, 1.165) is 51.8 Å². The molecule has 0 aromatic heterocycles. The quantitative estimate of drug-likeness (QED) is 0.442. The van der Waals surface area contributed by atoms with Crippen LogP contribution in [-0.4, -0.2) is 62.8 Å². The third-order valence-corrected chi connectivity index (χ3v) is 4.90. The van der Waals surface area contributed by atoms with Gasteiger partial charge in [0.25, 0.3) is 0 Å². The first-order chi connectivity index (χ1) is 11.1. The van der Waals surface area contributed by atoms with Gasteiger partial charge in [-0.1, -0.05) is 18.2 Å². The predicted molar refractivity (Wildman–Crippen MR) is 111 cm³/mol. The lowest BCUT2D eigenvalue weighted by atomic mass is 10.0. The third-order valence-electron chi connectivity index (χ3n) is 4.90. The van der Waals surface area contributed by atoms with Gasteiger partial charge in [-0.3, -0.25) is 9.89 Å². The monoisotopic (exact) mass is 444 g/mol. The Bertz CT molecular complexity index is 570. The lowest BCUT2D eigenvalue weighted by Crippen LogP contribution is -2.56. The van der Waals surface area contributed by atoms with Crippen LogP contribution in [0.15, 0.2) is 29.3 Å². The van der Waals surface area contributed by atoms with E-state index < -0.39 is 0 Å². The van der Waals surface area contributed by atoms with Crippen molar-refractivity contribution >= 4 is 35.6 Å². The number of nitrogens with one attached hydrogen (secondary N) is 1. The SMILES string of the molecule is CN=C(NCC(C)(C)N1CCOCC1)N1CCc2ccccc21.I. The fraction of sp³-hybridized carbons (Fsp3) is 0.611. The fourth-order valence-electron chi connectivity index (χ4n) is 3.43. The van der Waals surface area contributed by atoms with E-state index >= 15 is 0 Å². The minimum atomic E-state index is 0. The molecule has 0 atom stereocenters. The number of aliphatic imine (C=N–C) groups is 1. The molecule has 1 N–H and O–H groups in total. The van der Waals surface area contributed by atoms with Gasteiger partial charge in [0.15, 0.2) is 5.96 Å². The number of rotatable bonds is 3. The number of nitrogens with zero attached hydrogens (tertiary/aromatic N) is 3. The van der Waals surface area contributed by atoms with Crippen molar-refractivity contribution in [1.29, 1.82) is 0 Å². The predicted octanol–water partition coefficient (Wildman–Crippen LogP) is 2.35. The van der Waals surface area contributed by atoms with Gasteiger partial charge in [0, 0.05) is 44.5 Å². The lowest BCUT2D eigenvalue weighted by Gasteiger charge is -2.41. The van der Waals surface area contributed by atoms with Crippen LogP contribution in [0.2, 0.25) is 0 Å². The normalized spacial score (nSPS) is 19.0. The van der Waals surface area contributed by atoms with Crippen molar-refractivity contribution in [3.05, 3.63) is 29.8 Å². The number of benzene rings is 1. The zero-order valence-corrected chi connectivity index (χ0v) is 17.2. The standard InChI is InChI=1S/C18H28N4O.HI/c1-18(2,21-10-12-23-13-11-21)14-20-17(19-3)22-9-8-15-6-4-5-7-16(15)22;/h4-7H,8-14H2,1-3H3,(H,19,20);1H. The van der Waals surface area contributed by atoms with Crippen LogP contribution in [0, 0.1) is 0 Å². The molecule has 3 rings (SSSR count). The summed E-state index contributed by atoms with van der Waals surface area (Å²) in [6.07, 6.45) is 1.09. The molecule has 1 saturated heterocycles. The van der Waals surface area contributed by atoms with E-state index in [4.69, 9.17) is 4.74 Å². The fourth-order valence-corrected chi connectivity index (χ4v) is 3.43. The number of morpholine rings is 1. The maximum atomic E-state index is 5.47. The van der Waals surface area contributed by atoms with Crippen LogP contribution in [0.3, 0.4) is 0 Å². The molecule has 0 saturated carbocycles. The molecule has 2 aliphatic rings. The highest BCUT2D eigenvalue weighted by Crippen LogP contribution is 2.27. The zero-order chi connectivity index (χ0) is 16.3. The average Bonchev–Trinajstić information content (AvgIpc) is 3.00. The van der Waals surface area contributed by atoms with E-state index in [1.807, 2.05) is 7.05 Å². The molecule has 6 heteroatoms. The Morgan fingerprint density at radius 2 is 1.92 bits per heavy atom. The molecule has 1 aromatic carbocycles. The van der Waals surface area contributed by atoms with Crippen molar-refractivity contribution < 1.29 is 4.74 Å². The lowest BCUT2D eigenvalue weighted by molar-refractivity contribution is -0.00830. The van der Waals surface area contributed by atoms with Crippen molar-refractivity contribution in [3.63, 3.8) is 0 Å². The molecule has 0 aliphatic carbocycles. The molecular formula is C18H29IN4O. The molecule has 134 valence electrons. The molecule has 5 nitrogen and oxygen atoms in total. The second-order valence-corrected chi connectivity index (χ2v) is 6.84. The summed E-state index contributed by atoms with van der Waals surface area (Å²) in [5.74, 6) is 0.969. The van der Waals surface area contributed by atoms with Gasteiger partial charge in [0.1, 0.15) is 0 Å². The number of hydrogen-bond donors (Lipinski definition) is 1. The van der Waals surface area contributed by atoms with Gasteiger partial charge in [0.05, 0.1) is 13.2 Å². The Morgan fingerprint density at radius 3 is 2.62 bits per heavy atom. The van der Waals surface area contributed by atoms with Gasteiger partial charge in [-0.15, -0.1) is 24.0 Å². The molecule has 0 bridgehead atoms. The number of anilines is 1. The number of guanidine groups is 1. The first-order valence-electron chi connectivity index (χ1n) is 8.51. The topological polar surface area (TPSA) is 40.1 Å². The Hall–Kier alpha value is -0.860. The summed E-state index contributed by atoms with van der Waals surface area (Å²) in [5, 5.41) is 3.58. The van der Waals surface area contributed by atoms with Gasteiger partial charge in [-0.2, -0.15) is 0 Å². The van der Waals surface area contributed by atoms with Crippen molar-refractivity contribution in [2.75, 3.05) is 51.3 Å². The first-order valence-corrected chi connectivity index (χ1v) is 8.51. The van der Waals surface area contributed by atoms with Crippen LogP contribution >= 0.6 is 24.0 Å². The number of fused-ring (bicyclic) bond motifs is 1. The summed E-state index contributed by atoms with van der Waals surface area (Å²) in [5.41, 5.74) is 2.77. The van der Waals surface area contributed by atoms with Gasteiger partial charge in [-0.05, 0) is 31.9 Å². The van der Waals surface area contributed by atoms with E-state index in [1.165, 1.54) is 11.3 Å². The molecule has 0 amide bonds. The van der Waals surface area contributed by atoms with Gasteiger partial charge < -0.3 is 15.0 Å². The molecule has 2 aliphatic heterocycles. The number of ether oxygens (including phenoxy) is 1. The van der Waals surface area contributed by atoms with Crippen LogP contribution < -0.4 is 10.2 Å². The number of halogens is 1. The molecule has 2 heterocycles. The Morgan fingerprint density at radius 1 is 1.21 bits per heavy atom. The summed E-state index contributed by atoms with van der Waals surface area (Å²) in [6.45, 7) is 10.1. The molecule has 1 aromatic rings. The first kappa shape index (κ1) is 19.5. The van der Waals surface area contributed by atoms with E-state index in [2.05, 4.69) is 58.2 Å². The summed E-state index contributed by atoms with van der Waals surface area (Å²) in [6, 6.07) is 8.60. The molecular weight excluding hydrogens is 415 g/mol. The largest absolute Gasteiger partial charge is 0.379 e. The van der Waals surface area contributed by atoms with E-state index in [9.17, 15) is 0 Å². The van der Waals surface area contributed by atoms with Crippen LogP contribution in [0.4, 0.5) is 5.69 Å². The maximum absolute atomic E-state index is 5.47. The van der Waals surface area contributed by atoms with E-state index in [-0.39, 0.29) is 29.5 Å². The molecule has 24 heavy (non-hydrogen) atoms. The van der Waals surface area contributed by atoms with Crippen molar-refractivity contribution in [3.8, 4) is 0 Å². The molecule has 0 radical (unpaired) electrons. The van der Waals surface area contributed by atoms with Crippen molar-refractivity contribution in [2.45, 2.75) is 25.8 Å². The maximum Gasteiger partial charge on any atom is 0.198 e. The molecule has 0 unspecified atom stereocenters. The summed E-state index contributed by atoms with van der Waals surface area (Å²) in [7, 11) is 1.87. The zero-order valence-electron chi connectivity index (χ0n) is 14.9. The second kappa shape index (κ2) is 8.49. The van der Waals surface area contributed by atoms with Gasteiger partial charge in [0.2, 0.25) is 0 Å². The highest BCUT2D eigenvalue weighted by molar-refractivity contribution is 14.0. The molecule has 1 fully saturated rings. The minimum absolute atomic E-state index is 0. The van der Waals surface area contributed by atoms with Crippen LogP contribution in [-0.2, 0) is 11.2 Å². The summed E-state index contributed by atoms with van der Waals surface area (Å²) >= 11 is 0. The van der Waals surface area contributed by atoms with Crippen molar-refractivity contribution in [1.82, 2.24) is 10.2 Å². The van der Waals surface area contributed by atoms with Crippen molar-refractivity contribution in [2.24, 2.45) is 4.99 Å². The second-order valence-electron chi connectivity index (χ2n) is 6.84. The van der Waals surface area contributed by atoms with Crippen LogP contribution in [0.1, 0.15) is 19.4 Å². The van der Waals surface area contributed by atoms with Crippen LogP contribution in [0.25, 0.3) is 0 Å². The number of para-hydroxylation sites is 1. The van der Waals surface area contributed by atoms with Gasteiger partial charge >= 0.3 is 0 Å². The average molecular weight is 444 g/mol. The summed E-state index contributed by atoms with van der Waals surface area (Å²) < 4.78 is 5.47. The Labute approximate surface area is 162 Å². The highest BCUT2D eigenvalue weighted by atomic mass is 127. The van der Waals surface area contributed by atoms with E-state index in [0.29, 0.717) is 0 Å². The smallest absolute Gasteiger partial charge is 0.198 e. The molecule has 0 spiro atoms. The third kappa shape index (κ3) is 4.21. The highest BCUT2D eigenvalue weighted by Gasteiger charge is 2.30. The Balaban J connectivity index is 0.00000208.